The topological polar surface area (TPSA) is 38.3 Å². The van der Waals surface area contributed by atoms with Crippen molar-refractivity contribution in [2.45, 2.75) is 24.0 Å². The van der Waals surface area contributed by atoms with Crippen molar-refractivity contribution >= 4 is 40.9 Å². The van der Waals surface area contributed by atoms with Gasteiger partial charge in [-0.15, -0.1) is 11.8 Å². The predicted octanol–water partition coefficient (Wildman–Crippen LogP) is 5.09. The van der Waals surface area contributed by atoms with Gasteiger partial charge in [-0.25, -0.2) is 0 Å². The Balaban J connectivity index is 1.54. The van der Waals surface area contributed by atoms with Crippen LogP contribution in [-0.2, 0) is 20.7 Å². The number of nitrogens with one attached hydrogen (secondary N) is 1. The van der Waals surface area contributed by atoms with Gasteiger partial charge in [0.05, 0.1) is 5.75 Å². The van der Waals surface area contributed by atoms with Gasteiger partial charge < -0.3 is 10.1 Å². The molecule has 3 rings (SSSR count). The normalized spacial score (nSPS) is 16.1. The smallest absolute Gasteiger partial charge is 0.230 e. The second-order valence-corrected chi connectivity index (χ2v) is 8.53. The van der Waals surface area contributed by atoms with Crippen molar-refractivity contribution in [1.29, 1.82) is 0 Å². The number of carbonyl (C=O) groups is 1. The molecule has 0 aliphatic carbocycles. The summed E-state index contributed by atoms with van der Waals surface area (Å²) in [6, 6.07) is 15.9. The molecule has 3 nitrogen and oxygen atoms in total. The van der Waals surface area contributed by atoms with Crippen molar-refractivity contribution in [3.8, 4) is 0 Å². The van der Waals surface area contributed by atoms with Gasteiger partial charge in [-0.1, -0.05) is 59.6 Å². The molecule has 0 atom stereocenters. The summed E-state index contributed by atoms with van der Waals surface area (Å²) in [5, 5.41) is 4.40. The van der Waals surface area contributed by atoms with Gasteiger partial charge in [0.1, 0.15) is 0 Å². The van der Waals surface area contributed by atoms with Crippen LogP contribution in [0.15, 0.2) is 48.5 Å². The summed E-state index contributed by atoms with van der Waals surface area (Å²) in [5.74, 6) is 1.02. The summed E-state index contributed by atoms with van der Waals surface area (Å²) in [6.07, 6.45) is 1.83. The fourth-order valence-electron chi connectivity index (χ4n) is 3.36. The van der Waals surface area contributed by atoms with Crippen molar-refractivity contribution in [3.05, 3.63) is 69.7 Å². The van der Waals surface area contributed by atoms with Crippen molar-refractivity contribution in [3.63, 3.8) is 0 Å². The van der Waals surface area contributed by atoms with E-state index in [1.165, 1.54) is 17.3 Å². The Morgan fingerprint density at radius 2 is 1.70 bits per heavy atom. The summed E-state index contributed by atoms with van der Waals surface area (Å²) < 4.78 is 5.55. The lowest BCUT2D eigenvalue weighted by Gasteiger charge is -2.38. The maximum Gasteiger partial charge on any atom is 0.230 e. The zero-order valence-electron chi connectivity index (χ0n) is 15.0. The van der Waals surface area contributed by atoms with Crippen LogP contribution >= 0.6 is 35.0 Å². The molecule has 2 aromatic carbocycles. The van der Waals surface area contributed by atoms with Crippen LogP contribution < -0.4 is 5.32 Å². The number of hydrogen-bond donors (Lipinski definition) is 1. The first-order valence-electron chi connectivity index (χ1n) is 9.01. The first kappa shape index (κ1) is 20.5. The quantitative estimate of drug-likeness (QED) is 0.673. The van der Waals surface area contributed by atoms with Gasteiger partial charge in [-0.05, 0) is 36.1 Å². The van der Waals surface area contributed by atoms with E-state index in [-0.39, 0.29) is 11.3 Å². The molecule has 1 heterocycles. The highest BCUT2D eigenvalue weighted by Crippen LogP contribution is 2.34. The molecule has 0 saturated carbocycles. The number of halogens is 2. The lowest BCUT2D eigenvalue weighted by Crippen LogP contribution is -2.45. The van der Waals surface area contributed by atoms with Crippen LogP contribution in [0.25, 0.3) is 0 Å². The fourth-order valence-corrected chi connectivity index (χ4v) is 4.95. The van der Waals surface area contributed by atoms with Gasteiger partial charge in [0.2, 0.25) is 5.91 Å². The Morgan fingerprint density at radius 3 is 2.37 bits per heavy atom. The molecule has 1 N–H and O–H groups in total. The largest absolute Gasteiger partial charge is 0.381 e. The summed E-state index contributed by atoms with van der Waals surface area (Å²) >= 11 is 13.9. The number of rotatable bonds is 7. The molecule has 1 aliphatic rings. The third-order valence-corrected chi connectivity index (χ3v) is 6.67. The second kappa shape index (κ2) is 9.83. The minimum absolute atomic E-state index is 0.0324. The van der Waals surface area contributed by atoms with Crippen LogP contribution in [0.4, 0.5) is 0 Å². The Bertz CT molecular complexity index is 744. The summed E-state index contributed by atoms with van der Waals surface area (Å²) in [6.45, 7) is 2.08. The van der Waals surface area contributed by atoms with E-state index in [1.807, 2.05) is 24.3 Å². The highest BCUT2D eigenvalue weighted by molar-refractivity contribution is 7.99. The van der Waals surface area contributed by atoms with Crippen LogP contribution in [0, 0.1) is 0 Å². The molecule has 27 heavy (non-hydrogen) atoms. The highest BCUT2D eigenvalue weighted by Gasteiger charge is 2.34. The number of benzene rings is 2. The van der Waals surface area contributed by atoms with E-state index in [2.05, 4.69) is 29.6 Å². The minimum Gasteiger partial charge on any atom is -0.381 e. The van der Waals surface area contributed by atoms with E-state index >= 15 is 0 Å². The molecule has 144 valence electrons. The van der Waals surface area contributed by atoms with Gasteiger partial charge in [-0.3, -0.25) is 4.79 Å². The summed E-state index contributed by atoms with van der Waals surface area (Å²) in [5.41, 5.74) is 2.10. The molecule has 1 fully saturated rings. The minimum atomic E-state index is -0.0497. The van der Waals surface area contributed by atoms with E-state index in [9.17, 15) is 4.79 Å². The number of amides is 1. The average Bonchev–Trinajstić information content (AvgIpc) is 2.70. The Hall–Kier alpha value is -1.20. The SMILES string of the molecule is O=C(CSCc1c(Cl)cccc1Cl)NCC1(c2ccccc2)CCOCC1. The molecule has 1 amide bonds. The summed E-state index contributed by atoms with van der Waals surface area (Å²) in [7, 11) is 0. The van der Waals surface area contributed by atoms with Gasteiger partial charge in [0.25, 0.3) is 0 Å². The third kappa shape index (κ3) is 5.41. The number of hydrogen-bond acceptors (Lipinski definition) is 3. The lowest BCUT2D eigenvalue weighted by molar-refractivity contribution is -0.119. The standard InChI is InChI=1S/C21H23Cl2NO2S/c22-18-7-4-8-19(23)17(18)13-27-14-20(25)24-15-21(9-11-26-12-10-21)16-5-2-1-3-6-16/h1-8H,9-15H2,(H,24,25). The molecule has 2 aromatic rings. The van der Waals surface area contributed by atoms with Gasteiger partial charge in [-0.2, -0.15) is 0 Å². The van der Waals surface area contributed by atoms with Crippen LogP contribution in [-0.4, -0.2) is 31.4 Å². The van der Waals surface area contributed by atoms with Crippen LogP contribution in [0.1, 0.15) is 24.0 Å². The molecule has 1 aliphatic heterocycles. The average molecular weight is 424 g/mol. The van der Waals surface area contributed by atoms with Gasteiger partial charge in [0, 0.05) is 41.0 Å². The van der Waals surface area contributed by atoms with E-state index in [0.717, 1.165) is 31.6 Å². The summed E-state index contributed by atoms with van der Waals surface area (Å²) in [4.78, 5) is 12.4. The van der Waals surface area contributed by atoms with E-state index in [0.29, 0.717) is 28.1 Å². The molecule has 0 unspecified atom stereocenters. The highest BCUT2D eigenvalue weighted by atomic mass is 35.5. The number of ether oxygens (including phenoxy) is 1. The Kier molecular flexibility index (Phi) is 7.48. The maximum atomic E-state index is 12.4. The zero-order chi connectivity index (χ0) is 19.1. The van der Waals surface area contributed by atoms with Crippen LogP contribution in [0.5, 0.6) is 0 Å². The van der Waals surface area contributed by atoms with Crippen LogP contribution in [0.2, 0.25) is 10.0 Å². The monoisotopic (exact) mass is 423 g/mol. The molecule has 0 aromatic heterocycles. The first-order chi connectivity index (χ1) is 13.1. The first-order valence-corrected chi connectivity index (χ1v) is 10.9. The van der Waals surface area contributed by atoms with Crippen molar-refractivity contribution in [2.75, 3.05) is 25.5 Å². The van der Waals surface area contributed by atoms with Crippen LogP contribution in [0.3, 0.4) is 0 Å². The predicted molar refractivity (Wildman–Crippen MR) is 114 cm³/mol. The maximum absolute atomic E-state index is 12.4. The lowest BCUT2D eigenvalue weighted by atomic mass is 9.74. The Morgan fingerprint density at radius 1 is 1.04 bits per heavy atom. The van der Waals surface area contributed by atoms with Crippen molar-refractivity contribution in [1.82, 2.24) is 5.32 Å². The van der Waals surface area contributed by atoms with E-state index < -0.39 is 0 Å². The molecule has 0 spiro atoms. The van der Waals surface area contributed by atoms with Gasteiger partial charge in [0.15, 0.2) is 0 Å². The number of carbonyl (C=O) groups excluding carboxylic acids is 1. The third-order valence-electron chi connectivity index (χ3n) is 5.00. The molecule has 1 saturated heterocycles. The molecular weight excluding hydrogens is 401 g/mol. The van der Waals surface area contributed by atoms with Crippen molar-refractivity contribution in [2.24, 2.45) is 0 Å². The van der Waals surface area contributed by atoms with Gasteiger partial charge >= 0.3 is 0 Å². The fraction of sp³-hybridized carbons (Fsp3) is 0.381. The zero-order valence-corrected chi connectivity index (χ0v) is 17.4. The second-order valence-electron chi connectivity index (χ2n) is 6.73. The number of thioether (sulfide) groups is 1. The molecule has 0 bridgehead atoms. The van der Waals surface area contributed by atoms with E-state index in [1.54, 1.807) is 0 Å². The van der Waals surface area contributed by atoms with E-state index in [4.69, 9.17) is 27.9 Å². The molecular formula is C21H23Cl2NO2S. The van der Waals surface area contributed by atoms with Crippen molar-refractivity contribution < 1.29 is 9.53 Å². The molecule has 6 heteroatoms. The molecule has 0 radical (unpaired) electrons. The Labute approximate surface area is 174 Å².